The first-order chi connectivity index (χ1) is 13.5. The van der Waals surface area contributed by atoms with Gasteiger partial charge in [0, 0.05) is 24.5 Å². The molecule has 9 heteroatoms. The average molecular weight is 387 g/mol. The zero-order valence-electron chi connectivity index (χ0n) is 14.7. The van der Waals surface area contributed by atoms with Gasteiger partial charge in [0.25, 0.3) is 0 Å². The van der Waals surface area contributed by atoms with E-state index in [1.54, 1.807) is 0 Å². The van der Waals surface area contributed by atoms with Gasteiger partial charge in [-0.05, 0) is 6.07 Å². The molecule has 144 valence electrons. The highest BCUT2D eigenvalue weighted by molar-refractivity contribution is 5.94. The van der Waals surface area contributed by atoms with E-state index in [1.807, 2.05) is 30.3 Å². The largest absolute Gasteiger partial charge is 0.465 e. The molecule has 3 aromatic rings. The van der Waals surface area contributed by atoms with Gasteiger partial charge in [0.15, 0.2) is 0 Å². The number of halogens is 2. The van der Waals surface area contributed by atoms with Crippen LogP contribution in [0.25, 0.3) is 11.4 Å². The summed E-state index contributed by atoms with van der Waals surface area (Å²) in [5.41, 5.74) is -0.0448. The summed E-state index contributed by atoms with van der Waals surface area (Å²) in [6, 6.07) is 10.5. The van der Waals surface area contributed by atoms with Crippen molar-refractivity contribution in [3.05, 3.63) is 65.6 Å². The van der Waals surface area contributed by atoms with Gasteiger partial charge in [0.05, 0.1) is 18.4 Å². The van der Waals surface area contributed by atoms with Crippen LogP contribution in [0.2, 0.25) is 0 Å². The fraction of sp³-hybridized carbons (Fsp3) is 0.158. The molecule has 0 saturated heterocycles. The van der Waals surface area contributed by atoms with Crippen molar-refractivity contribution in [3.8, 4) is 11.4 Å². The molecule has 0 aliphatic heterocycles. The van der Waals surface area contributed by atoms with Gasteiger partial charge in [-0.1, -0.05) is 35.5 Å². The van der Waals surface area contributed by atoms with Gasteiger partial charge in [-0.15, -0.1) is 0 Å². The summed E-state index contributed by atoms with van der Waals surface area (Å²) < 4.78 is 37.0. The number of anilines is 1. The number of aromatic nitrogens is 2. The van der Waals surface area contributed by atoms with Gasteiger partial charge in [-0.25, -0.2) is 13.6 Å². The fourth-order valence-corrected chi connectivity index (χ4v) is 2.41. The van der Waals surface area contributed by atoms with E-state index in [-0.39, 0.29) is 24.4 Å². The highest BCUT2D eigenvalue weighted by atomic mass is 19.1. The Morgan fingerprint density at radius 3 is 2.61 bits per heavy atom. The molecule has 28 heavy (non-hydrogen) atoms. The molecule has 0 unspecified atom stereocenters. The maximum absolute atomic E-state index is 13.9. The number of rotatable bonds is 6. The molecule has 0 spiro atoms. The number of hydrogen-bond acceptors (Lipinski definition) is 6. The van der Waals surface area contributed by atoms with E-state index in [0.29, 0.717) is 11.9 Å². The number of hydrogen-bond donors (Lipinski definition) is 1. The number of carbonyl (C=O) groups excluding carboxylic acids is 2. The van der Waals surface area contributed by atoms with Gasteiger partial charge in [0.1, 0.15) is 11.6 Å². The SMILES string of the molecule is COC(=O)c1cc(NC(=O)CCc2nc(-c3ccccc3)no2)c(F)cc1F. The predicted molar refractivity (Wildman–Crippen MR) is 94.4 cm³/mol. The zero-order valence-corrected chi connectivity index (χ0v) is 14.7. The van der Waals surface area contributed by atoms with E-state index in [1.165, 1.54) is 0 Å². The Morgan fingerprint density at radius 1 is 1.14 bits per heavy atom. The summed E-state index contributed by atoms with van der Waals surface area (Å²) >= 11 is 0. The number of esters is 1. The quantitative estimate of drug-likeness (QED) is 0.652. The highest BCUT2D eigenvalue weighted by Crippen LogP contribution is 2.21. The van der Waals surface area contributed by atoms with Crippen molar-refractivity contribution in [2.45, 2.75) is 12.8 Å². The lowest BCUT2D eigenvalue weighted by Gasteiger charge is -2.08. The van der Waals surface area contributed by atoms with Crippen molar-refractivity contribution in [3.63, 3.8) is 0 Å². The monoisotopic (exact) mass is 387 g/mol. The van der Waals surface area contributed by atoms with Crippen LogP contribution < -0.4 is 5.32 Å². The first-order valence-corrected chi connectivity index (χ1v) is 8.23. The molecule has 1 N–H and O–H groups in total. The molecule has 0 aliphatic carbocycles. The maximum Gasteiger partial charge on any atom is 0.340 e. The molecule has 1 heterocycles. The summed E-state index contributed by atoms with van der Waals surface area (Å²) in [4.78, 5) is 27.8. The lowest BCUT2D eigenvalue weighted by molar-refractivity contribution is -0.116. The number of aryl methyl sites for hydroxylation is 1. The van der Waals surface area contributed by atoms with Crippen molar-refractivity contribution in [1.29, 1.82) is 0 Å². The Hall–Kier alpha value is -3.62. The first-order valence-electron chi connectivity index (χ1n) is 8.23. The van der Waals surface area contributed by atoms with Crippen molar-refractivity contribution in [2.75, 3.05) is 12.4 Å². The molecular formula is C19H15F2N3O4. The van der Waals surface area contributed by atoms with Crippen molar-refractivity contribution < 1.29 is 27.6 Å². The normalized spacial score (nSPS) is 10.5. The zero-order chi connectivity index (χ0) is 20.1. The molecular weight excluding hydrogens is 372 g/mol. The van der Waals surface area contributed by atoms with Gasteiger partial charge in [-0.3, -0.25) is 4.79 Å². The summed E-state index contributed by atoms with van der Waals surface area (Å²) in [5, 5.41) is 6.13. The van der Waals surface area contributed by atoms with Crippen LogP contribution in [0.1, 0.15) is 22.7 Å². The molecule has 2 aromatic carbocycles. The van der Waals surface area contributed by atoms with Crippen LogP contribution in [0, 0.1) is 11.6 Å². The van der Waals surface area contributed by atoms with Gasteiger partial charge in [-0.2, -0.15) is 4.98 Å². The molecule has 1 amide bonds. The summed E-state index contributed by atoms with van der Waals surface area (Å²) in [5.74, 6) is -3.01. The summed E-state index contributed by atoms with van der Waals surface area (Å²) in [7, 11) is 1.07. The average Bonchev–Trinajstić information content (AvgIpc) is 3.17. The third-order valence-electron chi connectivity index (χ3n) is 3.80. The number of carbonyl (C=O) groups is 2. The molecule has 0 bridgehead atoms. The van der Waals surface area contributed by atoms with Crippen LogP contribution in [-0.4, -0.2) is 29.1 Å². The van der Waals surface area contributed by atoms with Crippen molar-refractivity contribution in [1.82, 2.24) is 10.1 Å². The fourth-order valence-electron chi connectivity index (χ4n) is 2.41. The lowest BCUT2D eigenvalue weighted by atomic mass is 10.1. The minimum absolute atomic E-state index is 0.0825. The van der Waals surface area contributed by atoms with E-state index in [4.69, 9.17) is 4.52 Å². The Labute approximate surface area is 158 Å². The minimum Gasteiger partial charge on any atom is -0.465 e. The number of amides is 1. The van der Waals surface area contributed by atoms with Crippen LogP contribution in [0.3, 0.4) is 0 Å². The molecule has 7 nitrogen and oxygen atoms in total. The Balaban J connectivity index is 1.64. The van der Waals surface area contributed by atoms with E-state index in [0.717, 1.165) is 18.7 Å². The van der Waals surface area contributed by atoms with E-state index in [2.05, 4.69) is 20.2 Å². The second-order valence-corrected chi connectivity index (χ2v) is 5.73. The Bertz CT molecular complexity index is 1010. The van der Waals surface area contributed by atoms with Crippen LogP contribution in [0.5, 0.6) is 0 Å². The number of nitrogens with one attached hydrogen (secondary N) is 1. The number of methoxy groups -OCH3 is 1. The van der Waals surface area contributed by atoms with Crippen LogP contribution in [-0.2, 0) is 16.0 Å². The van der Waals surface area contributed by atoms with Crippen LogP contribution in [0.4, 0.5) is 14.5 Å². The number of benzene rings is 2. The lowest BCUT2D eigenvalue weighted by Crippen LogP contribution is -2.15. The molecule has 0 atom stereocenters. The third kappa shape index (κ3) is 4.37. The Morgan fingerprint density at radius 2 is 1.89 bits per heavy atom. The van der Waals surface area contributed by atoms with E-state index in [9.17, 15) is 18.4 Å². The second kappa shape index (κ2) is 8.38. The van der Waals surface area contributed by atoms with Gasteiger partial charge in [0.2, 0.25) is 17.6 Å². The highest BCUT2D eigenvalue weighted by Gasteiger charge is 2.18. The van der Waals surface area contributed by atoms with Crippen LogP contribution >= 0.6 is 0 Å². The smallest absolute Gasteiger partial charge is 0.340 e. The minimum atomic E-state index is -1.08. The molecule has 3 rings (SSSR count). The topological polar surface area (TPSA) is 94.3 Å². The number of ether oxygens (including phenoxy) is 1. The standard InChI is InChI=1S/C19H15F2N3O4/c1-27-19(26)12-9-15(14(21)10-13(12)20)22-16(25)7-8-17-23-18(24-28-17)11-5-3-2-4-6-11/h2-6,9-10H,7-8H2,1H3,(H,22,25). The predicted octanol–water partition coefficient (Wildman–Crippen LogP) is 3.37. The van der Waals surface area contributed by atoms with Crippen LogP contribution in [0.15, 0.2) is 47.0 Å². The molecule has 0 fully saturated rings. The van der Waals surface area contributed by atoms with E-state index < -0.39 is 29.1 Å². The molecule has 0 aliphatic rings. The Kier molecular flexibility index (Phi) is 5.73. The van der Waals surface area contributed by atoms with Crippen molar-refractivity contribution >= 4 is 17.6 Å². The molecule has 1 aromatic heterocycles. The first kappa shape index (κ1) is 19.2. The van der Waals surface area contributed by atoms with Gasteiger partial charge < -0.3 is 14.6 Å². The van der Waals surface area contributed by atoms with Gasteiger partial charge >= 0.3 is 5.97 Å². The summed E-state index contributed by atoms with van der Waals surface area (Å²) in [6.07, 6.45) is 0.0408. The third-order valence-corrected chi connectivity index (χ3v) is 3.80. The number of nitrogens with zero attached hydrogens (tertiary/aromatic N) is 2. The molecule has 0 saturated carbocycles. The maximum atomic E-state index is 13.9. The second-order valence-electron chi connectivity index (χ2n) is 5.73. The molecule has 0 radical (unpaired) electrons. The van der Waals surface area contributed by atoms with Crippen molar-refractivity contribution in [2.24, 2.45) is 0 Å². The summed E-state index contributed by atoms with van der Waals surface area (Å²) in [6.45, 7) is 0. The van der Waals surface area contributed by atoms with E-state index >= 15 is 0 Å².